The first-order valence-electron chi connectivity index (χ1n) is 6.91. The first-order valence-corrected chi connectivity index (χ1v) is 6.91. The Hall–Kier alpha value is -1.97. The van der Waals surface area contributed by atoms with Gasteiger partial charge < -0.3 is 15.2 Å². The van der Waals surface area contributed by atoms with E-state index in [4.69, 9.17) is 0 Å². The number of aromatic nitrogens is 2. The molecule has 2 heterocycles. The van der Waals surface area contributed by atoms with E-state index in [2.05, 4.69) is 45.3 Å². The minimum Gasteiger partial charge on any atom is -0.378 e. The Morgan fingerprint density at radius 2 is 2.16 bits per heavy atom. The quantitative estimate of drug-likeness (QED) is 0.884. The Labute approximate surface area is 113 Å². The van der Waals surface area contributed by atoms with E-state index in [0.717, 1.165) is 12.4 Å². The summed E-state index contributed by atoms with van der Waals surface area (Å²) in [6, 6.07) is 6.66. The highest BCUT2D eigenvalue weighted by molar-refractivity contribution is 5.60. The summed E-state index contributed by atoms with van der Waals surface area (Å²) >= 11 is 0. The van der Waals surface area contributed by atoms with Gasteiger partial charge >= 0.3 is 0 Å². The predicted molar refractivity (Wildman–Crippen MR) is 78.5 cm³/mol. The highest BCUT2D eigenvalue weighted by atomic mass is 15.1. The molecular formula is C15H20N4. The van der Waals surface area contributed by atoms with Gasteiger partial charge in [0.1, 0.15) is 5.82 Å². The van der Waals surface area contributed by atoms with Gasteiger partial charge in [-0.1, -0.05) is 0 Å². The summed E-state index contributed by atoms with van der Waals surface area (Å²) in [7, 11) is 0. The monoisotopic (exact) mass is 256 g/mol. The zero-order chi connectivity index (χ0) is 13.1. The van der Waals surface area contributed by atoms with Gasteiger partial charge in [0.2, 0.25) is 0 Å². The molecule has 19 heavy (non-hydrogen) atoms. The molecule has 1 fully saturated rings. The summed E-state index contributed by atoms with van der Waals surface area (Å²) in [5.41, 5.74) is 3.81. The molecule has 4 heteroatoms. The van der Waals surface area contributed by atoms with Crippen LogP contribution in [0.3, 0.4) is 0 Å². The third-order valence-corrected chi connectivity index (χ3v) is 3.68. The lowest BCUT2D eigenvalue weighted by Gasteiger charge is -2.19. The van der Waals surface area contributed by atoms with Crippen LogP contribution in [0.4, 0.5) is 11.4 Å². The van der Waals surface area contributed by atoms with Crippen LogP contribution >= 0.6 is 0 Å². The summed E-state index contributed by atoms with van der Waals surface area (Å²) in [6.45, 7) is 5.28. The molecule has 0 spiro atoms. The van der Waals surface area contributed by atoms with Gasteiger partial charge in [-0.3, -0.25) is 0 Å². The molecule has 3 rings (SSSR count). The number of hydrogen-bond donors (Lipinski definition) is 2. The van der Waals surface area contributed by atoms with E-state index in [1.54, 1.807) is 6.20 Å². The molecular weight excluding hydrogens is 236 g/mol. The summed E-state index contributed by atoms with van der Waals surface area (Å²) in [5.74, 6) is 0.961. The third-order valence-electron chi connectivity index (χ3n) is 3.68. The largest absolute Gasteiger partial charge is 0.378 e. The van der Waals surface area contributed by atoms with E-state index < -0.39 is 0 Å². The zero-order valence-electron chi connectivity index (χ0n) is 11.3. The molecule has 0 saturated carbocycles. The van der Waals surface area contributed by atoms with Crippen molar-refractivity contribution in [1.82, 2.24) is 9.97 Å². The number of rotatable bonds is 4. The molecule has 0 radical (unpaired) electrons. The Morgan fingerprint density at radius 1 is 1.32 bits per heavy atom. The molecule has 1 aromatic carbocycles. The van der Waals surface area contributed by atoms with Gasteiger partial charge in [-0.05, 0) is 43.5 Å². The van der Waals surface area contributed by atoms with Gasteiger partial charge in [0.25, 0.3) is 0 Å². The average molecular weight is 256 g/mol. The van der Waals surface area contributed by atoms with Crippen LogP contribution in [0, 0.1) is 6.92 Å². The van der Waals surface area contributed by atoms with Crippen LogP contribution in [0.25, 0.3) is 0 Å². The van der Waals surface area contributed by atoms with Crippen molar-refractivity contribution in [3.8, 4) is 0 Å². The number of nitrogens with one attached hydrogen (secondary N) is 2. The Balaban J connectivity index is 1.68. The van der Waals surface area contributed by atoms with Crippen LogP contribution < -0.4 is 10.2 Å². The lowest BCUT2D eigenvalue weighted by Crippen LogP contribution is -2.17. The highest BCUT2D eigenvalue weighted by Crippen LogP contribution is 2.25. The maximum absolute atomic E-state index is 4.22. The van der Waals surface area contributed by atoms with Crippen LogP contribution in [-0.4, -0.2) is 23.1 Å². The zero-order valence-corrected chi connectivity index (χ0v) is 11.3. The Bertz CT molecular complexity index is 527. The van der Waals surface area contributed by atoms with Crippen LogP contribution in [0.15, 0.2) is 30.6 Å². The van der Waals surface area contributed by atoms with Crippen LogP contribution in [0.5, 0.6) is 0 Å². The molecule has 2 N–H and O–H groups in total. The van der Waals surface area contributed by atoms with E-state index >= 15 is 0 Å². The van der Waals surface area contributed by atoms with Crippen LogP contribution in [0.1, 0.15) is 24.2 Å². The maximum atomic E-state index is 4.22. The SMILES string of the molecule is Cc1cc(N2CCCC2)ccc1NCc1ncc[nH]1. The fourth-order valence-electron chi connectivity index (χ4n) is 2.59. The van der Waals surface area contributed by atoms with Crippen molar-refractivity contribution in [2.24, 2.45) is 0 Å². The van der Waals surface area contributed by atoms with E-state index in [0.29, 0.717) is 0 Å². The second kappa shape index (κ2) is 5.34. The topological polar surface area (TPSA) is 44.0 Å². The molecule has 1 saturated heterocycles. The number of hydrogen-bond acceptors (Lipinski definition) is 3. The summed E-state index contributed by atoms with van der Waals surface area (Å²) in [5, 5.41) is 3.42. The normalized spacial score (nSPS) is 14.9. The average Bonchev–Trinajstić information content (AvgIpc) is 3.10. The van der Waals surface area contributed by atoms with Gasteiger partial charge in [-0.25, -0.2) is 4.98 Å². The smallest absolute Gasteiger partial charge is 0.125 e. The van der Waals surface area contributed by atoms with Crippen LogP contribution in [-0.2, 0) is 6.54 Å². The number of H-pyrrole nitrogens is 1. The Kier molecular flexibility index (Phi) is 3.40. The summed E-state index contributed by atoms with van der Waals surface area (Å²) < 4.78 is 0. The number of anilines is 2. The van der Waals surface area contributed by atoms with E-state index in [1.807, 2.05) is 6.20 Å². The third kappa shape index (κ3) is 2.72. The highest BCUT2D eigenvalue weighted by Gasteiger charge is 2.12. The molecule has 0 atom stereocenters. The summed E-state index contributed by atoms with van der Waals surface area (Å²) in [4.78, 5) is 9.78. The second-order valence-electron chi connectivity index (χ2n) is 5.08. The number of aromatic amines is 1. The van der Waals surface area contributed by atoms with Gasteiger partial charge in [-0.2, -0.15) is 0 Å². The van der Waals surface area contributed by atoms with Gasteiger partial charge in [0, 0.05) is 36.9 Å². The summed E-state index contributed by atoms with van der Waals surface area (Å²) in [6.07, 6.45) is 6.26. The van der Waals surface area contributed by atoms with Gasteiger partial charge in [0.05, 0.1) is 6.54 Å². The van der Waals surface area contributed by atoms with Crippen molar-refractivity contribution >= 4 is 11.4 Å². The molecule has 4 nitrogen and oxygen atoms in total. The molecule has 0 aliphatic carbocycles. The first kappa shape index (κ1) is 12.1. The Morgan fingerprint density at radius 3 is 2.84 bits per heavy atom. The fraction of sp³-hybridized carbons (Fsp3) is 0.400. The standard InChI is InChI=1S/C15H20N4/c1-12-10-13(19-8-2-3-9-19)4-5-14(12)18-11-15-16-6-7-17-15/h4-7,10,18H,2-3,8-9,11H2,1H3,(H,16,17). The second-order valence-corrected chi connectivity index (χ2v) is 5.08. The molecule has 1 aromatic heterocycles. The molecule has 100 valence electrons. The van der Waals surface area contributed by atoms with Crippen molar-refractivity contribution in [3.05, 3.63) is 42.0 Å². The number of benzene rings is 1. The molecule has 1 aliphatic rings. The molecule has 0 amide bonds. The fourth-order valence-corrected chi connectivity index (χ4v) is 2.59. The minimum atomic E-state index is 0.733. The van der Waals surface area contributed by atoms with Crippen molar-refractivity contribution < 1.29 is 0 Å². The van der Waals surface area contributed by atoms with Gasteiger partial charge in [-0.15, -0.1) is 0 Å². The van der Waals surface area contributed by atoms with Gasteiger partial charge in [0.15, 0.2) is 0 Å². The number of aryl methyl sites for hydroxylation is 1. The number of imidazole rings is 1. The number of nitrogens with zero attached hydrogens (tertiary/aromatic N) is 2. The van der Waals surface area contributed by atoms with E-state index in [-0.39, 0.29) is 0 Å². The van der Waals surface area contributed by atoms with Crippen LogP contribution in [0.2, 0.25) is 0 Å². The molecule has 0 unspecified atom stereocenters. The lowest BCUT2D eigenvalue weighted by atomic mass is 10.1. The van der Waals surface area contributed by atoms with Crippen molar-refractivity contribution in [3.63, 3.8) is 0 Å². The van der Waals surface area contributed by atoms with Crippen molar-refractivity contribution in [2.75, 3.05) is 23.3 Å². The lowest BCUT2D eigenvalue weighted by molar-refractivity contribution is 0.949. The van der Waals surface area contributed by atoms with E-state index in [1.165, 1.54) is 42.9 Å². The van der Waals surface area contributed by atoms with Crippen molar-refractivity contribution in [2.45, 2.75) is 26.3 Å². The molecule has 0 bridgehead atoms. The van der Waals surface area contributed by atoms with Crippen molar-refractivity contribution in [1.29, 1.82) is 0 Å². The first-order chi connectivity index (χ1) is 9.33. The maximum Gasteiger partial charge on any atom is 0.125 e. The minimum absolute atomic E-state index is 0.733. The molecule has 1 aliphatic heterocycles. The molecule has 2 aromatic rings. The predicted octanol–water partition coefficient (Wildman–Crippen LogP) is 2.93. The van der Waals surface area contributed by atoms with E-state index in [9.17, 15) is 0 Å².